The van der Waals surface area contributed by atoms with Gasteiger partial charge in [-0.3, -0.25) is 9.59 Å². The molecule has 3 aromatic carbocycles. The van der Waals surface area contributed by atoms with Crippen molar-refractivity contribution in [2.24, 2.45) is 0 Å². The van der Waals surface area contributed by atoms with Crippen LogP contribution in [0, 0.1) is 0 Å². The van der Waals surface area contributed by atoms with E-state index >= 15 is 0 Å². The molecule has 6 nitrogen and oxygen atoms in total. The third kappa shape index (κ3) is 5.03. The van der Waals surface area contributed by atoms with Crippen LogP contribution < -0.4 is 10.1 Å². The molecule has 0 fully saturated rings. The minimum absolute atomic E-state index is 0.0450. The summed E-state index contributed by atoms with van der Waals surface area (Å²) in [5, 5.41) is 14.2. The molecule has 0 saturated carbocycles. The average Bonchev–Trinajstić information content (AvgIpc) is 3.05. The molecule has 1 heterocycles. The van der Waals surface area contributed by atoms with Crippen molar-refractivity contribution in [2.45, 2.75) is 19.2 Å². The summed E-state index contributed by atoms with van der Waals surface area (Å²) in [5.74, 6) is -1.29. The zero-order valence-electron chi connectivity index (χ0n) is 18.3. The van der Waals surface area contributed by atoms with Gasteiger partial charge in [-0.25, -0.2) is 0 Å². The fraction of sp³-hybridized carbons (Fsp3) is 0.154. The van der Waals surface area contributed by atoms with Crippen LogP contribution in [0.15, 0.2) is 84.1 Å². The van der Waals surface area contributed by atoms with Crippen LogP contribution in [0.5, 0.6) is 5.75 Å². The Hall–Kier alpha value is -3.48. The molecule has 2 amide bonds. The summed E-state index contributed by atoms with van der Waals surface area (Å²) in [6, 6.07) is 20.9. The number of aliphatic hydroxyl groups is 1. The summed E-state index contributed by atoms with van der Waals surface area (Å²) in [4.78, 5) is 27.1. The first kappa shape index (κ1) is 23.7. The van der Waals surface area contributed by atoms with Crippen LogP contribution >= 0.6 is 23.2 Å². The first-order chi connectivity index (χ1) is 16.3. The third-order valence-electron chi connectivity index (χ3n) is 5.51. The standard InChI is InChI=1S/C26H22Cl2N2O4/c1-30-23(20-9-5-6-10-21(20)34-15-16-7-3-2-4-8-16)22(24(31)26(30)33)25(32)29-14-17-11-18(27)13-19(28)12-17/h2-13,23,31H,14-15H2,1H3,(H,29,32). The highest BCUT2D eigenvalue weighted by Crippen LogP contribution is 2.40. The molecule has 0 aliphatic carbocycles. The van der Waals surface area contributed by atoms with Gasteiger partial charge in [0, 0.05) is 29.2 Å². The zero-order chi connectivity index (χ0) is 24.2. The second kappa shape index (κ2) is 10.2. The molecule has 1 aliphatic rings. The van der Waals surface area contributed by atoms with E-state index in [-0.39, 0.29) is 12.1 Å². The van der Waals surface area contributed by atoms with E-state index in [4.69, 9.17) is 27.9 Å². The minimum atomic E-state index is -0.817. The van der Waals surface area contributed by atoms with Crippen LogP contribution in [0.25, 0.3) is 0 Å². The quantitative estimate of drug-likeness (QED) is 0.470. The highest BCUT2D eigenvalue weighted by atomic mass is 35.5. The number of benzene rings is 3. The molecule has 1 aliphatic heterocycles. The van der Waals surface area contributed by atoms with Crippen molar-refractivity contribution in [1.82, 2.24) is 10.2 Å². The normalized spacial score (nSPS) is 15.6. The smallest absolute Gasteiger partial charge is 0.289 e. The summed E-state index contributed by atoms with van der Waals surface area (Å²) < 4.78 is 6.03. The number of likely N-dealkylation sites (N-methyl/N-ethyl adjacent to an activating group) is 1. The van der Waals surface area contributed by atoms with Crippen LogP contribution in [0.1, 0.15) is 22.7 Å². The topological polar surface area (TPSA) is 78.9 Å². The van der Waals surface area contributed by atoms with Crippen molar-refractivity contribution >= 4 is 35.0 Å². The number of aliphatic hydroxyl groups excluding tert-OH is 1. The summed E-state index contributed by atoms with van der Waals surface area (Å²) in [6.07, 6.45) is 0. The number of amides is 2. The van der Waals surface area contributed by atoms with E-state index in [0.717, 1.165) is 5.56 Å². The zero-order valence-corrected chi connectivity index (χ0v) is 19.8. The number of rotatable bonds is 7. The van der Waals surface area contributed by atoms with Crippen LogP contribution in [0.4, 0.5) is 0 Å². The van der Waals surface area contributed by atoms with E-state index in [9.17, 15) is 14.7 Å². The predicted octanol–water partition coefficient (Wildman–Crippen LogP) is 5.21. The van der Waals surface area contributed by atoms with Gasteiger partial charge < -0.3 is 20.1 Å². The van der Waals surface area contributed by atoms with Crippen LogP contribution in [0.2, 0.25) is 10.0 Å². The monoisotopic (exact) mass is 496 g/mol. The fourth-order valence-corrected chi connectivity index (χ4v) is 4.45. The van der Waals surface area contributed by atoms with Crippen molar-refractivity contribution in [3.05, 3.63) is 111 Å². The second-order valence-corrected chi connectivity index (χ2v) is 8.73. The Morgan fingerprint density at radius 2 is 1.65 bits per heavy atom. The minimum Gasteiger partial charge on any atom is -0.503 e. The number of carbonyl (C=O) groups excluding carboxylic acids is 2. The third-order valence-corrected chi connectivity index (χ3v) is 5.95. The van der Waals surface area contributed by atoms with Gasteiger partial charge in [-0.15, -0.1) is 0 Å². The lowest BCUT2D eigenvalue weighted by Crippen LogP contribution is -2.31. The molecule has 0 aromatic heterocycles. The van der Waals surface area contributed by atoms with Gasteiger partial charge in [0.15, 0.2) is 5.76 Å². The first-order valence-corrected chi connectivity index (χ1v) is 11.3. The molecule has 0 saturated heterocycles. The Morgan fingerprint density at radius 1 is 1.00 bits per heavy atom. The summed E-state index contributed by atoms with van der Waals surface area (Å²) in [6.45, 7) is 0.432. The molecule has 1 unspecified atom stereocenters. The van der Waals surface area contributed by atoms with Crippen LogP contribution in [-0.4, -0.2) is 28.9 Å². The SMILES string of the molecule is CN1C(=O)C(O)=C(C(=O)NCc2cc(Cl)cc(Cl)c2)C1c1ccccc1OCc1ccccc1. The number of nitrogens with zero attached hydrogens (tertiary/aromatic N) is 1. The molecule has 0 spiro atoms. The van der Waals surface area contributed by atoms with Gasteiger partial charge in [0.25, 0.3) is 11.8 Å². The van der Waals surface area contributed by atoms with E-state index < -0.39 is 23.6 Å². The number of carbonyl (C=O) groups is 2. The van der Waals surface area contributed by atoms with E-state index in [1.54, 1.807) is 36.4 Å². The maximum absolute atomic E-state index is 13.1. The Bertz CT molecular complexity index is 1240. The summed E-state index contributed by atoms with van der Waals surface area (Å²) >= 11 is 12.1. The molecule has 3 aromatic rings. The Labute approximate surface area is 207 Å². The van der Waals surface area contributed by atoms with E-state index in [0.29, 0.717) is 33.5 Å². The lowest BCUT2D eigenvalue weighted by molar-refractivity contribution is -0.128. The second-order valence-electron chi connectivity index (χ2n) is 7.85. The number of ether oxygens (including phenoxy) is 1. The van der Waals surface area contributed by atoms with Crippen molar-refractivity contribution in [2.75, 3.05) is 7.05 Å². The number of halogens is 2. The van der Waals surface area contributed by atoms with E-state index in [1.807, 2.05) is 36.4 Å². The Morgan fingerprint density at radius 3 is 2.35 bits per heavy atom. The van der Waals surface area contributed by atoms with Crippen molar-refractivity contribution in [1.29, 1.82) is 0 Å². The van der Waals surface area contributed by atoms with Gasteiger partial charge in [-0.05, 0) is 35.4 Å². The fourth-order valence-electron chi connectivity index (χ4n) is 3.88. The molecular weight excluding hydrogens is 475 g/mol. The maximum atomic E-state index is 13.1. The molecular formula is C26H22Cl2N2O4. The van der Waals surface area contributed by atoms with E-state index in [1.165, 1.54) is 11.9 Å². The van der Waals surface area contributed by atoms with Gasteiger partial charge in [0.1, 0.15) is 12.4 Å². The molecule has 174 valence electrons. The highest BCUT2D eigenvalue weighted by molar-refractivity contribution is 6.34. The van der Waals surface area contributed by atoms with Gasteiger partial charge in [0.05, 0.1) is 11.6 Å². The largest absolute Gasteiger partial charge is 0.503 e. The first-order valence-electron chi connectivity index (χ1n) is 10.5. The van der Waals surface area contributed by atoms with Gasteiger partial charge in [0.2, 0.25) is 0 Å². The number of para-hydroxylation sites is 1. The number of nitrogens with one attached hydrogen (secondary N) is 1. The van der Waals surface area contributed by atoms with Crippen molar-refractivity contribution < 1.29 is 19.4 Å². The number of hydrogen-bond acceptors (Lipinski definition) is 4. The average molecular weight is 497 g/mol. The van der Waals surface area contributed by atoms with E-state index in [2.05, 4.69) is 5.32 Å². The number of hydrogen-bond donors (Lipinski definition) is 2. The van der Waals surface area contributed by atoms with Crippen LogP contribution in [0.3, 0.4) is 0 Å². The predicted molar refractivity (Wildman–Crippen MR) is 131 cm³/mol. The highest BCUT2D eigenvalue weighted by Gasteiger charge is 2.42. The summed E-state index contributed by atoms with van der Waals surface area (Å²) in [5.41, 5.74) is 2.21. The lowest BCUT2D eigenvalue weighted by Gasteiger charge is -2.25. The molecule has 0 radical (unpaired) electrons. The molecule has 1 atom stereocenters. The molecule has 8 heteroatoms. The van der Waals surface area contributed by atoms with Crippen molar-refractivity contribution in [3.63, 3.8) is 0 Å². The Balaban J connectivity index is 1.59. The summed E-state index contributed by atoms with van der Waals surface area (Å²) in [7, 11) is 1.54. The Kier molecular flexibility index (Phi) is 7.10. The maximum Gasteiger partial charge on any atom is 0.289 e. The van der Waals surface area contributed by atoms with Gasteiger partial charge in [-0.1, -0.05) is 71.7 Å². The van der Waals surface area contributed by atoms with Crippen LogP contribution in [-0.2, 0) is 22.7 Å². The molecule has 0 bridgehead atoms. The molecule has 4 rings (SSSR count). The lowest BCUT2D eigenvalue weighted by atomic mass is 9.97. The van der Waals surface area contributed by atoms with Gasteiger partial charge in [-0.2, -0.15) is 0 Å². The molecule has 34 heavy (non-hydrogen) atoms. The van der Waals surface area contributed by atoms with Gasteiger partial charge >= 0.3 is 0 Å². The van der Waals surface area contributed by atoms with Crippen molar-refractivity contribution in [3.8, 4) is 5.75 Å². The molecule has 2 N–H and O–H groups in total.